The molecule has 2 saturated carbocycles. The second-order valence-electron chi connectivity index (χ2n) is 7.29. The average molecular weight is 279 g/mol. The number of nitrogens with one attached hydrogen (secondary N) is 1. The van der Waals surface area contributed by atoms with E-state index >= 15 is 0 Å². The Labute approximate surface area is 125 Å². The largest absolute Gasteiger partial charge is 0.315 e. The first kappa shape index (κ1) is 14.8. The molecule has 2 aliphatic carbocycles. The number of nitrogens with zero attached hydrogens (tertiary/aromatic N) is 2. The highest BCUT2D eigenvalue weighted by Gasteiger charge is 2.26. The van der Waals surface area contributed by atoms with Crippen LogP contribution in [0.3, 0.4) is 0 Å². The molecule has 1 saturated heterocycles. The van der Waals surface area contributed by atoms with E-state index in [2.05, 4.69) is 15.1 Å². The van der Waals surface area contributed by atoms with E-state index in [0.29, 0.717) is 0 Å². The summed E-state index contributed by atoms with van der Waals surface area (Å²) in [4.78, 5) is 5.33. The zero-order chi connectivity index (χ0) is 13.6. The molecule has 3 nitrogen and oxygen atoms in total. The van der Waals surface area contributed by atoms with Gasteiger partial charge in [-0.05, 0) is 44.1 Å². The van der Waals surface area contributed by atoms with Crippen LogP contribution in [0.4, 0.5) is 0 Å². The van der Waals surface area contributed by atoms with Crippen molar-refractivity contribution in [1.29, 1.82) is 0 Å². The van der Waals surface area contributed by atoms with Crippen molar-refractivity contribution in [3.8, 4) is 0 Å². The van der Waals surface area contributed by atoms with Gasteiger partial charge in [0.05, 0.1) is 0 Å². The van der Waals surface area contributed by atoms with E-state index in [1.807, 2.05) is 0 Å². The van der Waals surface area contributed by atoms with Gasteiger partial charge in [0.25, 0.3) is 0 Å². The van der Waals surface area contributed by atoms with E-state index in [9.17, 15) is 0 Å². The molecule has 3 heteroatoms. The molecule has 0 bridgehead atoms. The van der Waals surface area contributed by atoms with E-state index < -0.39 is 0 Å². The third-order valence-electron chi connectivity index (χ3n) is 5.44. The van der Waals surface area contributed by atoms with Gasteiger partial charge in [0.15, 0.2) is 0 Å². The summed E-state index contributed by atoms with van der Waals surface area (Å²) in [6, 6.07) is 0. The van der Waals surface area contributed by atoms with Gasteiger partial charge < -0.3 is 10.2 Å². The van der Waals surface area contributed by atoms with Crippen LogP contribution in [-0.4, -0.2) is 62.2 Å². The Balaban J connectivity index is 1.20. The molecule has 20 heavy (non-hydrogen) atoms. The van der Waals surface area contributed by atoms with Crippen LogP contribution in [0, 0.1) is 11.8 Å². The maximum Gasteiger partial charge on any atom is 0.0110 e. The van der Waals surface area contributed by atoms with Crippen LogP contribution in [0.15, 0.2) is 0 Å². The molecule has 0 aromatic heterocycles. The van der Waals surface area contributed by atoms with Gasteiger partial charge >= 0.3 is 0 Å². The molecule has 0 amide bonds. The molecule has 3 fully saturated rings. The second kappa shape index (κ2) is 7.77. The number of rotatable bonds is 7. The van der Waals surface area contributed by atoms with Crippen molar-refractivity contribution < 1.29 is 0 Å². The third kappa shape index (κ3) is 5.01. The zero-order valence-corrected chi connectivity index (χ0v) is 13.2. The zero-order valence-electron chi connectivity index (χ0n) is 13.2. The van der Waals surface area contributed by atoms with Crippen molar-refractivity contribution >= 4 is 0 Å². The lowest BCUT2D eigenvalue weighted by molar-refractivity contribution is 0.128. The van der Waals surface area contributed by atoms with Crippen LogP contribution >= 0.6 is 0 Å². The summed E-state index contributed by atoms with van der Waals surface area (Å²) in [5.74, 6) is 2.03. The standard InChI is InChI=1S/C17H33N3/c1-2-4-16(5-3-1)14-18-8-9-19-10-12-20(13-11-19)15-17-6-7-17/h16-18H,1-15H2. The lowest BCUT2D eigenvalue weighted by Crippen LogP contribution is -2.48. The van der Waals surface area contributed by atoms with Crippen LogP contribution in [-0.2, 0) is 0 Å². The van der Waals surface area contributed by atoms with Gasteiger partial charge in [0, 0.05) is 45.8 Å². The fraction of sp³-hybridized carbons (Fsp3) is 1.00. The van der Waals surface area contributed by atoms with E-state index in [-0.39, 0.29) is 0 Å². The van der Waals surface area contributed by atoms with Crippen LogP contribution in [0.2, 0.25) is 0 Å². The third-order valence-corrected chi connectivity index (χ3v) is 5.44. The van der Waals surface area contributed by atoms with Gasteiger partial charge in [-0.2, -0.15) is 0 Å². The Bertz CT molecular complexity index is 263. The van der Waals surface area contributed by atoms with Gasteiger partial charge in [0.1, 0.15) is 0 Å². The number of hydrogen-bond acceptors (Lipinski definition) is 3. The molecule has 0 aromatic carbocycles. The van der Waals surface area contributed by atoms with Crippen LogP contribution < -0.4 is 5.32 Å². The maximum atomic E-state index is 3.70. The molecule has 1 heterocycles. The van der Waals surface area contributed by atoms with Crippen molar-refractivity contribution in [3.63, 3.8) is 0 Å². The first-order chi connectivity index (χ1) is 9.90. The quantitative estimate of drug-likeness (QED) is 0.721. The highest BCUT2D eigenvalue weighted by atomic mass is 15.3. The minimum absolute atomic E-state index is 0.971. The van der Waals surface area contributed by atoms with E-state index in [1.165, 1.54) is 97.3 Å². The van der Waals surface area contributed by atoms with Crippen LogP contribution in [0.5, 0.6) is 0 Å². The first-order valence-electron chi connectivity index (χ1n) is 9.05. The molecule has 3 rings (SSSR count). The van der Waals surface area contributed by atoms with Gasteiger partial charge in [0.2, 0.25) is 0 Å². The molecule has 0 spiro atoms. The Morgan fingerprint density at radius 3 is 2.15 bits per heavy atom. The molecular weight excluding hydrogens is 246 g/mol. The highest BCUT2D eigenvalue weighted by molar-refractivity contribution is 4.80. The summed E-state index contributed by atoms with van der Waals surface area (Å²) in [5, 5.41) is 3.70. The Kier molecular flexibility index (Phi) is 5.75. The predicted molar refractivity (Wildman–Crippen MR) is 85.0 cm³/mol. The van der Waals surface area contributed by atoms with Crippen molar-refractivity contribution in [1.82, 2.24) is 15.1 Å². The van der Waals surface area contributed by atoms with E-state index in [1.54, 1.807) is 0 Å². The molecule has 116 valence electrons. The molecule has 0 radical (unpaired) electrons. The molecule has 3 aliphatic rings. The van der Waals surface area contributed by atoms with Crippen molar-refractivity contribution in [3.05, 3.63) is 0 Å². The fourth-order valence-electron chi connectivity index (χ4n) is 3.80. The second-order valence-corrected chi connectivity index (χ2v) is 7.29. The average Bonchev–Trinajstić information content (AvgIpc) is 3.30. The summed E-state index contributed by atoms with van der Waals surface area (Å²) in [5.41, 5.74) is 0. The van der Waals surface area contributed by atoms with Crippen LogP contribution in [0.25, 0.3) is 0 Å². The molecule has 1 aliphatic heterocycles. The summed E-state index contributed by atoms with van der Waals surface area (Å²) in [6.07, 6.45) is 10.3. The van der Waals surface area contributed by atoms with E-state index in [4.69, 9.17) is 0 Å². The van der Waals surface area contributed by atoms with Gasteiger partial charge in [-0.3, -0.25) is 4.90 Å². The normalized spacial score (nSPS) is 27.0. The van der Waals surface area contributed by atoms with Gasteiger partial charge in [-0.15, -0.1) is 0 Å². The minimum atomic E-state index is 0.971. The molecule has 0 aromatic rings. The monoisotopic (exact) mass is 279 g/mol. The SMILES string of the molecule is C1CCC(CNCCN2CCN(CC3CC3)CC2)CC1. The lowest BCUT2D eigenvalue weighted by atomic mass is 9.89. The highest BCUT2D eigenvalue weighted by Crippen LogP contribution is 2.29. The van der Waals surface area contributed by atoms with Crippen LogP contribution in [0.1, 0.15) is 44.9 Å². The molecule has 1 N–H and O–H groups in total. The first-order valence-corrected chi connectivity index (χ1v) is 9.05. The fourth-order valence-corrected chi connectivity index (χ4v) is 3.80. The number of piperazine rings is 1. The number of hydrogen-bond donors (Lipinski definition) is 1. The topological polar surface area (TPSA) is 18.5 Å². The van der Waals surface area contributed by atoms with Gasteiger partial charge in [-0.1, -0.05) is 19.3 Å². The summed E-state index contributed by atoms with van der Waals surface area (Å²) < 4.78 is 0. The van der Waals surface area contributed by atoms with Crippen molar-refractivity contribution in [2.75, 3.05) is 52.4 Å². The molecule has 0 unspecified atom stereocenters. The predicted octanol–water partition coefficient (Wildman–Crippen LogP) is 2.18. The minimum Gasteiger partial charge on any atom is -0.315 e. The summed E-state index contributed by atoms with van der Waals surface area (Å²) >= 11 is 0. The van der Waals surface area contributed by atoms with E-state index in [0.717, 1.165) is 11.8 Å². The Hall–Kier alpha value is -0.120. The maximum absolute atomic E-state index is 3.70. The van der Waals surface area contributed by atoms with Gasteiger partial charge in [-0.25, -0.2) is 0 Å². The van der Waals surface area contributed by atoms with Crippen molar-refractivity contribution in [2.24, 2.45) is 11.8 Å². The summed E-state index contributed by atoms with van der Waals surface area (Å²) in [6.45, 7) is 10.3. The van der Waals surface area contributed by atoms with Crippen molar-refractivity contribution in [2.45, 2.75) is 44.9 Å². The molecule has 0 atom stereocenters. The smallest absolute Gasteiger partial charge is 0.0110 e. The lowest BCUT2D eigenvalue weighted by Gasteiger charge is -2.34. The summed E-state index contributed by atoms with van der Waals surface area (Å²) in [7, 11) is 0. The Morgan fingerprint density at radius 1 is 0.750 bits per heavy atom. The molecular formula is C17H33N3. The Morgan fingerprint density at radius 2 is 1.45 bits per heavy atom.